The van der Waals surface area contributed by atoms with Crippen LogP contribution in [-0.4, -0.2) is 0 Å². The zero-order valence-electron chi connectivity index (χ0n) is 23.2. The van der Waals surface area contributed by atoms with Crippen LogP contribution in [0.25, 0.3) is 10.8 Å². The van der Waals surface area contributed by atoms with Crippen molar-refractivity contribution in [1.82, 2.24) is 0 Å². The zero-order chi connectivity index (χ0) is 29.4. The van der Waals surface area contributed by atoms with Crippen molar-refractivity contribution < 1.29 is 9.13 Å². The van der Waals surface area contributed by atoms with Crippen molar-refractivity contribution in [2.24, 2.45) is 0 Å². The van der Waals surface area contributed by atoms with Crippen LogP contribution in [0.4, 0.5) is 0 Å². The number of benzene rings is 4. The Morgan fingerprint density at radius 1 is 0.714 bits per heavy atom. The molecule has 204 valence electrons. The molecule has 1 aliphatic rings. The Hall–Kier alpha value is -4.58. The standard InChI is InChI=1S/C38H30O2P2/c1-3-14-35(4-2)41(39,36-15-8-5-9-16-36)27-25-31-21-23-33-24-22-32(30-34(33)29-31)26-28-42(40,37-17-10-6-11-18-37)38-19-12-7-13-20-38/h3-6,8-12,14-24,29-30H,1-2,7,13H2/b35-14+. The quantitative estimate of drug-likeness (QED) is 0.129. The van der Waals surface area contributed by atoms with Crippen LogP contribution >= 0.6 is 14.3 Å². The first-order valence-electron chi connectivity index (χ1n) is 13.7. The second-order valence-electron chi connectivity index (χ2n) is 9.78. The Labute approximate surface area is 248 Å². The van der Waals surface area contributed by atoms with Gasteiger partial charge in [-0.15, -0.1) is 0 Å². The summed E-state index contributed by atoms with van der Waals surface area (Å²) in [6.45, 7) is 7.63. The van der Waals surface area contributed by atoms with Gasteiger partial charge in [0.05, 0.1) is 0 Å². The molecule has 4 heteroatoms. The van der Waals surface area contributed by atoms with Crippen LogP contribution in [0.3, 0.4) is 0 Å². The van der Waals surface area contributed by atoms with Crippen molar-refractivity contribution in [3.05, 3.63) is 168 Å². The van der Waals surface area contributed by atoms with E-state index in [1.165, 1.54) is 0 Å². The summed E-state index contributed by atoms with van der Waals surface area (Å²) in [5.41, 5.74) is 7.75. The summed E-state index contributed by atoms with van der Waals surface area (Å²) in [4.78, 5) is 0. The van der Waals surface area contributed by atoms with Gasteiger partial charge >= 0.3 is 0 Å². The summed E-state index contributed by atoms with van der Waals surface area (Å²) >= 11 is 0. The van der Waals surface area contributed by atoms with E-state index in [9.17, 15) is 9.13 Å². The maximum Gasteiger partial charge on any atom is 0.211 e. The Bertz CT molecular complexity index is 1970. The number of fused-ring (bicyclic) bond motifs is 1. The lowest BCUT2D eigenvalue weighted by Crippen LogP contribution is -2.04. The Morgan fingerprint density at radius 2 is 1.33 bits per heavy atom. The molecule has 0 bridgehead atoms. The van der Waals surface area contributed by atoms with E-state index in [0.717, 1.165) is 45.4 Å². The maximum absolute atomic E-state index is 14.3. The predicted octanol–water partition coefficient (Wildman–Crippen LogP) is 9.32. The smallest absolute Gasteiger partial charge is 0.211 e. The highest BCUT2D eigenvalue weighted by molar-refractivity contribution is 7.80. The van der Waals surface area contributed by atoms with Crippen LogP contribution < -0.4 is 10.6 Å². The average Bonchev–Trinajstić information content (AvgIpc) is 3.06. The molecular weight excluding hydrogens is 550 g/mol. The van der Waals surface area contributed by atoms with Gasteiger partial charge in [-0.3, -0.25) is 9.13 Å². The van der Waals surface area contributed by atoms with Crippen LogP contribution in [0, 0.1) is 23.2 Å². The lowest BCUT2D eigenvalue weighted by molar-refractivity contribution is 0.590. The van der Waals surface area contributed by atoms with Crippen LogP contribution in [-0.2, 0) is 9.13 Å². The molecule has 0 saturated carbocycles. The molecule has 4 aromatic rings. The van der Waals surface area contributed by atoms with E-state index < -0.39 is 14.3 Å². The third-order valence-corrected chi connectivity index (χ3v) is 12.0. The largest absolute Gasteiger partial charge is 0.300 e. The van der Waals surface area contributed by atoms with Gasteiger partial charge in [0.25, 0.3) is 0 Å². The molecule has 0 fully saturated rings. The molecule has 0 aliphatic heterocycles. The van der Waals surface area contributed by atoms with Crippen molar-refractivity contribution >= 4 is 35.7 Å². The minimum Gasteiger partial charge on any atom is -0.300 e. The minimum atomic E-state index is -3.26. The second-order valence-corrected chi connectivity index (χ2v) is 14.7. The third-order valence-electron chi connectivity index (χ3n) is 7.00. The molecule has 5 rings (SSSR count). The van der Waals surface area contributed by atoms with E-state index in [1.807, 2.05) is 109 Å². The van der Waals surface area contributed by atoms with Crippen LogP contribution in [0.5, 0.6) is 0 Å². The molecule has 2 atom stereocenters. The number of hydrogen-bond donors (Lipinski definition) is 0. The summed E-state index contributed by atoms with van der Waals surface area (Å²) in [6.07, 6.45) is 12.8. The van der Waals surface area contributed by atoms with Crippen molar-refractivity contribution in [3.8, 4) is 23.2 Å². The van der Waals surface area contributed by atoms with E-state index in [2.05, 4.69) is 42.4 Å². The van der Waals surface area contributed by atoms with Crippen LogP contribution in [0.15, 0.2) is 157 Å². The molecule has 0 spiro atoms. The van der Waals surface area contributed by atoms with Crippen molar-refractivity contribution in [1.29, 1.82) is 0 Å². The first kappa shape index (κ1) is 28.9. The van der Waals surface area contributed by atoms with Gasteiger partial charge in [-0.25, -0.2) is 0 Å². The molecule has 2 nitrogen and oxygen atoms in total. The molecule has 2 unspecified atom stereocenters. The molecule has 0 N–H and O–H groups in total. The number of allylic oxidation sites excluding steroid dienone is 8. The first-order chi connectivity index (χ1) is 20.5. The van der Waals surface area contributed by atoms with E-state index in [-0.39, 0.29) is 0 Å². The summed E-state index contributed by atoms with van der Waals surface area (Å²) in [7, 11) is -6.38. The Balaban J connectivity index is 1.54. The van der Waals surface area contributed by atoms with Gasteiger partial charge in [0.2, 0.25) is 14.3 Å². The Kier molecular flexibility index (Phi) is 8.91. The SMILES string of the molecule is C=C/C=C(\C=C)P(=O)(C#Cc1ccc2ccc(C#CP(=O)(C3=CCCC=C3)c3ccccc3)cc2c1)c1ccccc1. The fraction of sp³-hybridized carbons (Fsp3) is 0.0526. The maximum atomic E-state index is 14.3. The van der Waals surface area contributed by atoms with Crippen LogP contribution in [0.2, 0.25) is 0 Å². The summed E-state index contributed by atoms with van der Waals surface area (Å²) in [5, 5.41) is 4.69. The highest BCUT2D eigenvalue weighted by Crippen LogP contribution is 2.54. The lowest BCUT2D eigenvalue weighted by Gasteiger charge is -2.16. The highest BCUT2D eigenvalue weighted by Gasteiger charge is 2.27. The Morgan fingerprint density at radius 3 is 1.90 bits per heavy atom. The number of hydrogen-bond acceptors (Lipinski definition) is 2. The van der Waals surface area contributed by atoms with E-state index in [4.69, 9.17) is 0 Å². The average molecular weight is 581 g/mol. The summed E-state index contributed by atoms with van der Waals surface area (Å²) in [6, 6.07) is 30.6. The predicted molar refractivity (Wildman–Crippen MR) is 180 cm³/mol. The molecule has 0 radical (unpaired) electrons. The summed E-state index contributed by atoms with van der Waals surface area (Å²) < 4.78 is 28.6. The van der Waals surface area contributed by atoms with Gasteiger partial charge in [0, 0.05) is 32.4 Å². The lowest BCUT2D eigenvalue weighted by atomic mass is 10.0. The van der Waals surface area contributed by atoms with E-state index in [1.54, 1.807) is 18.2 Å². The van der Waals surface area contributed by atoms with Gasteiger partial charge < -0.3 is 0 Å². The topological polar surface area (TPSA) is 34.1 Å². The molecule has 1 aliphatic carbocycles. The van der Waals surface area contributed by atoms with E-state index >= 15 is 0 Å². The van der Waals surface area contributed by atoms with Gasteiger partial charge in [0.15, 0.2) is 0 Å². The summed E-state index contributed by atoms with van der Waals surface area (Å²) in [5.74, 6) is 6.37. The highest BCUT2D eigenvalue weighted by atomic mass is 31.2. The first-order valence-corrected chi connectivity index (χ1v) is 17.1. The molecular formula is C38H30O2P2. The van der Waals surface area contributed by atoms with Crippen molar-refractivity contribution in [2.45, 2.75) is 12.8 Å². The monoisotopic (exact) mass is 580 g/mol. The van der Waals surface area contributed by atoms with Gasteiger partial charge in [-0.2, -0.15) is 0 Å². The van der Waals surface area contributed by atoms with Gasteiger partial charge in [0.1, 0.15) is 0 Å². The fourth-order valence-corrected chi connectivity index (χ4v) is 8.92. The van der Waals surface area contributed by atoms with Crippen molar-refractivity contribution in [3.63, 3.8) is 0 Å². The number of rotatable bonds is 6. The van der Waals surface area contributed by atoms with Gasteiger partial charge in [-0.1, -0.05) is 134 Å². The molecule has 42 heavy (non-hydrogen) atoms. The molecule has 0 aromatic heterocycles. The van der Waals surface area contributed by atoms with Gasteiger partial charge in [-0.05, 0) is 59.2 Å². The molecule has 4 aromatic carbocycles. The zero-order valence-corrected chi connectivity index (χ0v) is 25.0. The molecule has 0 amide bonds. The minimum absolute atomic E-state index is 0.542. The van der Waals surface area contributed by atoms with E-state index in [0.29, 0.717) is 10.6 Å². The van der Waals surface area contributed by atoms with Crippen molar-refractivity contribution in [2.75, 3.05) is 0 Å². The third kappa shape index (κ3) is 6.18. The molecule has 0 saturated heterocycles. The molecule has 0 heterocycles. The normalized spacial score (nSPS) is 15.5. The van der Waals surface area contributed by atoms with Crippen LogP contribution in [0.1, 0.15) is 24.0 Å². The second kappa shape index (κ2) is 12.9. The fourth-order valence-electron chi connectivity index (χ4n) is 4.78.